The molecule has 0 aliphatic carbocycles. The van der Waals surface area contributed by atoms with Gasteiger partial charge in [-0.05, 0) is 13.8 Å². The maximum absolute atomic E-state index is 12.3. The Hall–Kier alpha value is -2.60. The van der Waals surface area contributed by atoms with E-state index >= 15 is 0 Å². The number of benzene rings is 1. The summed E-state index contributed by atoms with van der Waals surface area (Å²) < 4.78 is 9.96. The summed E-state index contributed by atoms with van der Waals surface area (Å²) in [7, 11) is 0. The summed E-state index contributed by atoms with van der Waals surface area (Å²) in [6.45, 7) is 3.54. The van der Waals surface area contributed by atoms with Crippen molar-refractivity contribution in [3.8, 4) is 11.3 Å². The molecule has 0 amide bonds. The summed E-state index contributed by atoms with van der Waals surface area (Å²) in [5.74, 6) is -1.52. The largest absolute Gasteiger partial charge is 0.462 e. The first-order valence-corrected chi connectivity index (χ1v) is 7.77. The molecular weight excluding hydrogens is 332 g/mol. The van der Waals surface area contributed by atoms with E-state index in [0.29, 0.717) is 11.3 Å². The average Bonchev–Trinajstić information content (AvgIpc) is 2.57. The standard InChI is InChI=1S/C17H17ClN2O4/c1-3-23-16(21)11-12(17(22)24-4-2)15(18)20-14(13(11)19)10-8-6-5-7-9-10/h5-9H,3-4,19H2,1-2H3. The second-order valence-corrected chi connectivity index (χ2v) is 5.08. The molecule has 24 heavy (non-hydrogen) atoms. The van der Waals surface area contributed by atoms with Crippen LogP contribution in [0.1, 0.15) is 34.6 Å². The monoisotopic (exact) mass is 348 g/mol. The van der Waals surface area contributed by atoms with Gasteiger partial charge in [0.2, 0.25) is 0 Å². The SMILES string of the molecule is CCOC(=O)c1c(Cl)nc(-c2ccccc2)c(N)c1C(=O)OCC. The number of hydrogen-bond acceptors (Lipinski definition) is 6. The highest BCUT2D eigenvalue weighted by molar-refractivity contribution is 6.34. The third kappa shape index (κ3) is 3.49. The molecule has 0 saturated carbocycles. The Morgan fingerprint density at radius 1 is 1.04 bits per heavy atom. The van der Waals surface area contributed by atoms with Crippen molar-refractivity contribution in [3.63, 3.8) is 0 Å². The number of anilines is 1. The van der Waals surface area contributed by atoms with E-state index in [2.05, 4.69) is 4.98 Å². The molecule has 7 heteroatoms. The molecule has 2 N–H and O–H groups in total. The molecule has 0 saturated heterocycles. The first kappa shape index (κ1) is 17.7. The third-order valence-corrected chi connectivity index (χ3v) is 3.47. The Morgan fingerprint density at radius 3 is 2.12 bits per heavy atom. The summed E-state index contributed by atoms with van der Waals surface area (Å²) >= 11 is 6.16. The van der Waals surface area contributed by atoms with Crippen LogP contribution >= 0.6 is 11.6 Å². The molecule has 0 aliphatic rings. The molecule has 0 atom stereocenters. The highest BCUT2D eigenvalue weighted by Crippen LogP contribution is 2.33. The Bertz CT molecular complexity index is 763. The van der Waals surface area contributed by atoms with Crippen molar-refractivity contribution in [2.75, 3.05) is 18.9 Å². The van der Waals surface area contributed by atoms with E-state index in [1.807, 2.05) is 6.07 Å². The number of esters is 2. The van der Waals surface area contributed by atoms with Crippen LogP contribution in [-0.4, -0.2) is 30.1 Å². The lowest BCUT2D eigenvalue weighted by Crippen LogP contribution is -2.18. The van der Waals surface area contributed by atoms with Gasteiger partial charge >= 0.3 is 11.9 Å². The lowest BCUT2D eigenvalue weighted by Gasteiger charge is -2.15. The molecule has 0 radical (unpaired) electrons. The fraction of sp³-hybridized carbons (Fsp3) is 0.235. The van der Waals surface area contributed by atoms with Crippen LogP contribution in [0.3, 0.4) is 0 Å². The molecule has 1 aromatic carbocycles. The van der Waals surface area contributed by atoms with Crippen molar-refractivity contribution in [2.45, 2.75) is 13.8 Å². The van der Waals surface area contributed by atoms with Gasteiger partial charge in [-0.15, -0.1) is 0 Å². The summed E-state index contributed by atoms with van der Waals surface area (Å²) in [6.07, 6.45) is 0. The number of halogens is 1. The first-order chi connectivity index (χ1) is 11.5. The topological polar surface area (TPSA) is 91.5 Å². The zero-order valence-electron chi connectivity index (χ0n) is 13.3. The van der Waals surface area contributed by atoms with E-state index < -0.39 is 11.9 Å². The van der Waals surface area contributed by atoms with Crippen LogP contribution in [0.15, 0.2) is 30.3 Å². The van der Waals surface area contributed by atoms with Gasteiger partial charge in [0, 0.05) is 5.56 Å². The van der Waals surface area contributed by atoms with Crippen LogP contribution in [-0.2, 0) is 9.47 Å². The van der Waals surface area contributed by atoms with Gasteiger partial charge in [0.15, 0.2) is 0 Å². The quantitative estimate of drug-likeness (QED) is 0.658. The fourth-order valence-corrected chi connectivity index (χ4v) is 2.45. The highest BCUT2D eigenvalue weighted by Gasteiger charge is 2.29. The molecule has 1 aromatic heterocycles. The second kappa shape index (κ2) is 7.79. The lowest BCUT2D eigenvalue weighted by molar-refractivity contribution is 0.0479. The first-order valence-electron chi connectivity index (χ1n) is 7.39. The number of pyridine rings is 1. The molecule has 126 valence electrons. The summed E-state index contributed by atoms with van der Waals surface area (Å²) in [5, 5.41) is -0.162. The fourth-order valence-electron chi connectivity index (χ4n) is 2.19. The summed E-state index contributed by atoms with van der Waals surface area (Å²) in [6, 6.07) is 8.98. The maximum atomic E-state index is 12.3. The van der Waals surface area contributed by atoms with E-state index in [1.165, 1.54) is 0 Å². The molecule has 0 unspecified atom stereocenters. The Morgan fingerprint density at radius 2 is 1.58 bits per heavy atom. The van der Waals surface area contributed by atoms with E-state index in [9.17, 15) is 9.59 Å². The van der Waals surface area contributed by atoms with E-state index in [1.54, 1.807) is 38.1 Å². The van der Waals surface area contributed by atoms with Crippen molar-refractivity contribution in [3.05, 3.63) is 46.6 Å². The van der Waals surface area contributed by atoms with E-state index in [4.69, 9.17) is 26.8 Å². The number of carbonyl (C=O) groups is 2. The molecule has 0 fully saturated rings. The molecule has 2 aromatic rings. The molecular formula is C17H17ClN2O4. The molecule has 0 spiro atoms. The number of aromatic nitrogens is 1. The van der Waals surface area contributed by atoms with Gasteiger partial charge in [-0.1, -0.05) is 41.9 Å². The zero-order valence-corrected chi connectivity index (χ0v) is 14.1. The van der Waals surface area contributed by atoms with Crippen LogP contribution in [0.4, 0.5) is 5.69 Å². The van der Waals surface area contributed by atoms with Crippen molar-refractivity contribution in [2.24, 2.45) is 0 Å². The molecule has 0 bridgehead atoms. The highest BCUT2D eigenvalue weighted by atomic mass is 35.5. The van der Waals surface area contributed by atoms with Gasteiger partial charge in [0.05, 0.1) is 24.6 Å². The smallest absolute Gasteiger partial charge is 0.342 e. The van der Waals surface area contributed by atoms with Crippen LogP contribution < -0.4 is 5.73 Å². The Labute approximate surface area is 144 Å². The molecule has 2 rings (SSSR count). The summed E-state index contributed by atoms with van der Waals surface area (Å²) in [4.78, 5) is 28.7. The minimum Gasteiger partial charge on any atom is -0.462 e. The maximum Gasteiger partial charge on any atom is 0.342 e. The van der Waals surface area contributed by atoms with Crippen molar-refractivity contribution in [1.82, 2.24) is 4.98 Å². The van der Waals surface area contributed by atoms with Crippen LogP contribution in [0.5, 0.6) is 0 Å². The van der Waals surface area contributed by atoms with Gasteiger partial charge in [-0.2, -0.15) is 0 Å². The van der Waals surface area contributed by atoms with Gasteiger partial charge < -0.3 is 15.2 Å². The predicted molar refractivity (Wildman–Crippen MR) is 91.0 cm³/mol. The van der Waals surface area contributed by atoms with Gasteiger partial charge in [0.25, 0.3) is 0 Å². The Kier molecular flexibility index (Phi) is 5.76. The molecule has 0 aliphatic heterocycles. The van der Waals surface area contributed by atoms with Crippen LogP contribution in [0, 0.1) is 0 Å². The van der Waals surface area contributed by atoms with Crippen molar-refractivity contribution in [1.29, 1.82) is 0 Å². The van der Waals surface area contributed by atoms with Gasteiger partial charge in [-0.3, -0.25) is 0 Å². The van der Waals surface area contributed by atoms with Crippen LogP contribution in [0.25, 0.3) is 11.3 Å². The molecule has 6 nitrogen and oxygen atoms in total. The minimum absolute atomic E-state index is 0.0205. The third-order valence-electron chi connectivity index (χ3n) is 3.20. The minimum atomic E-state index is -0.774. The number of rotatable bonds is 5. The van der Waals surface area contributed by atoms with Crippen molar-refractivity contribution >= 4 is 29.2 Å². The Balaban J connectivity index is 2.72. The zero-order chi connectivity index (χ0) is 17.7. The number of nitrogens with zero attached hydrogens (tertiary/aromatic N) is 1. The predicted octanol–water partition coefficient (Wildman–Crippen LogP) is 3.34. The van der Waals surface area contributed by atoms with E-state index in [-0.39, 0.29) is 35.2 Å². The number of hydrogen-bond donors (Lipinski definition) is 1. The second-order valence-electron chi connectivity index (χ2n) is 4.72. The number of ether oxygens (including phenoxy) is 2. The lowest BCUT2D eigenvalue weighted by atomic mass is 10.0. The number of nitrogens with two attached hydrogens (primary N) is 1. The van der Waals surface area contributed by atoms with Gasteiger partial charge in [0.1, 0.15) is 16.3 Å². The summed E-state index contributed by atoms with van der Waals surface area (Å²) in [5.41, 5.74) is 6.79. The van der Waals surface area contributed by atoms with Crippen LogP contribution in [0.2, 0.25) is 5.15 Å². The van der Waals surface area contributed by atoms with Gasteiger partial charge in [-0.25, -0.2) is 14.6 Å². The molecule has 1 heterocycles. The number of carbonyl (C=O) groups excluding carboxylic acids is 2. The average molecular weight is 349 g/mol. The van der Waals surface area contributed by atoms with E-state index in [0.717, 1.165) is 0 Å². The normalized spacial score (nSPS) is 10.3. The number of nitrogen functional groups attached to an aromatic ring is 1. The van der Waals surface area contributed by atoms with Crippen molar-refractivity contribution < 1.29 is 19.1 Å².